The minimum absolute atomic E-state index is 0.0721. The van der Waals surface area contributed by atoms with Crippen molar-refractivity contribution in [2.45, 2.75) is 44.1 Å². The number of rotatable bonds is 6. The van der Waals surface area contributed by atoms with Crippen molar-refractivity contribution in [3.8, 4) is 0 Å². The van der Waals surface area contributed by atoms with Crippen LogP contribution >= 0.6 is 0 Å². The Morgan fingerprint density at radius 2 is 1.70 bits per heavy atom. The molecule has 0 N–H and O–H groups in total. The molecule has 0 unspecified atom stereocenters. The smallest absolute Gasteiger partial charge is 0.235 e. The number of hydrogen-bond donors (Lipinski definition) is 0. The summed E-state index contributed by atoms with van der Waals surface area (Å²) in [4.78, 5) is 12.7. The van der Waals surface area contributed by atoms with E-state index < -0.39 is 24.6 Å². The van der Waals surface area contributed by atoms with Crippen molar-refractivity contribution in [3.63, 3.8) is 0 Å². The molecule has 0 aromatic heterocycles. The number of ketones is 1. The van der Waals surface area contributed by atoms with E-state index in [1.807, 2.05) is 0 Å². The van der Waals surface area contributed by atoms with E-state index >= 15 is 0 Å². The van der Waals surface area contributed by atoms with Crippen LogP contribution in [0.2, 0.25) is 0 Å². The summed E-state index contributed by atoms with van der Waals surface area (Å²) in [6.45, 7) is 5.46. The summed E-state index contributed by atoms with van der Waals surface area (Å²) >= 11 is 0. The number of nitrogens with zero attached hydrogens (tertiary/aromatic N) is 1. The Hall–Kier alpha value is -2.19. The summed E-state index contributed by atoms with van der Waals surface area (Å²) in [5, 5.41) is 0. The largest absolute Gasteiger partial charge is 0.294 e. The molecule has 1 aliphatic heterocycles. The fraction of sp³-hybridized carbons (Fsp3) is 0.409. The maximum absolute atomic E-state index is 12.7. The average molecular weight is 450 g/mol. The van der Waals surface area contributed by atoms with Crippen LogP contribution in [0.1, 0.15) is 48.7 Å². The molecule has 2 aromatic carbocycles. The molecule has 0 atom stereocenters. The molecule has 0 spiro atoms. The molecule has 0 radical (unpaired) electrons. The quantitative estimate of drug-likeness (QED) is 0.631. The van der Waals surface area contributed by atoms with E-state index in [-0.39, 0.29) is 23.7 Å². The number of carbonyl (C=O) groups is 1. The van der Waals surface area contributed by atoms with Crippen LogP contribution in [0, 0.1) is 0 Å². The molecule has 1 saturated heterocycles. The standard InChI is InChI=1S/C22H27NO5S2/c1-22(2,3)29(25,26)16-17-8-10-19(11-9-17)21(24)15-18-6-4-7-20(14-18)23-12-5-13-30(23,27)28/h4,6-11,14H,5,12-13,15-16H2,1-3H3. The summed E-state index contributed by atoms with van der Waals surface area (Å²) in [5.74, 6) is -0.0354. The van der Waals surface area contributed by atoms with Crippen molar-refractivity contribution >= 4 is 31.3 Å². The SMILES string of the molecule is CC(C)(C)S(=O)(=O)Cc1ccc(C(=O)Cc2cccc(N3CCCS3(=O)=O)c2)cc1. The normalized spacial score (nSPS) is 16.6. The number of sulfone groups is 1. The van der Waals surface area contributed by atoms with Gasteiger partial charge in [-0.1, -0.05) is 36.4 Å². The van der Waals surface area contributed by atoms with Gasteiger partial charge < -0.3 is 0 Å². The summed E-state index contributed by atoms with van der Waals surface area (Å²) in [6.07, 6.45) is 0.740. The van der Waals surface area contributed by atoms with E-state index in [0.717, 1.165) is 5.56 Å². The second-order valence-corrected chi connectivity index (χ2v) is 13.3. The van der Waals surface area contributed by atoms with Crippen molar-refractivity contribution in [2.24, 2.45) is 0 Å². The van der Waals surface area contributed by atoms with Crippen LogP contribution in [-0.4, -0.2) is 39.7 Å². The minimum atomic E-state index is -3.29. The third kappa shape index (κ3) is 4.92. The molecule has 1 heterocycles. The third-order valence-electron chi connectivity index (χ3n) is 5.23. The molecule has 8 heteroatoms. The number of hydrogen-bond acceptors (Lipinski definition) is 5. The zero-order chi connectivity index (χ0) is 22.2. The molecule has 1 fully saturated rings. The van der Waals surface area contributed by atoms with Crippen LogP contribution in [0.3, 0.4) is 0 Å². The fourth-order valence-corrected chi connectivity index (χ4v) is 5.88. The number of Topliss-reactive ketones (excluding diaryl/α,β-unsaturated/α-hetero) is 1. The lowest BCUT2D eigenvalue weighted by molar-refractivity contribution is 0.0993. The molecule has 0 bridgehead atoms. The average Bonchev–Trinajstić information content (AvgIpc) is 3.00. The number of sulfonamides is 1. The highest BCUT2D eigenvalue weighted by atomic mass is 32.2. The van der Waals surface area contributed by atoms with Crippen LogP contribution in [-0.2, 0) is 32.0 Å². The Balaban J connectivity index is 1.72. The highest BCUT2D eigenvalue weighted by Crippen LogP contribution is 2.25. The Morgan fingerprint density at radius 3 is 2.27 bits per heavy atom. The second kappa shape index (κ2) is 8.15. The summed E-state index contributed by atoms with van der Waals surface area (Å²) in [6, 6.07) is 13.7. The molecule has 3 rings (SSSR count). The van der Waals surface area contributed by atoms with E-state index in [4.69, 9.17) is 0 Å². The van der Waals surface area contributed by atoms with E-state index in [1.165, 1.54) is 4.31 Å². The Bertz CT molecular complexity index is 1140. The van der Waals surface area contributed by atoms with Gasteiger partial charge in [-0.3, -0.25) is 9.10 Å². The van der Waals surface area contributed by atoms with E-state index in [9.17, 15) is 21.6 Å². The highest BCUT2D eigenvalue weighted by molar-refractivity contribution is 7.93. The monoisotopic (exact) mass is 449 g/mol. The molecule has 0 aliphatic carbocycles. The van der Waals surface area contributed by atoms with E-state index in [2.05, 4.69) is 0 Å². The maximum Gasteiger partial charge on any atom is 0.235 e. The van der Waals surface area contributed by atoms with Crippen molar-refractivity contribution < 1.29 is 21.6 Å². The maximum atomic E-state index is 12.7. The molecular formula is C22H27NO5S2. The second-order valence-electron chi connectivity index (χ2n) is 8.58. The minimum Gasteiger partial charge on any atom is -0.294 e. The molecule has 0 saturated carbocycles. The van der Waals surface area contributed by atoms with Gasteiger partial charge in [0.05, 0.1) is 21.9 Å². The molecule has 30 heavy (non-hydrogen) atoms. The van der Waals surface area contributed by atoms with Gasteiger partial charge in [0.2, 0.25) is 10.0 Å². The van der Waals surface area contributed by atoms with Gasteiger partial charge >= 0.3 is 0 Å². The summed E-state index contributed by atoms with van der Waals surface area (Å²) in [5.41, 5.74) is 2.45. The van der Waals surface area contributed by atoms with Crippen molar-refractivity contribution in [1.29, 1.82) is 0 Å². The first-order valence-electron chi connectivity index (χ1n) is 9.83. The Labute approximate surface area is 178 Å². The fourth-order valence-electron chi connectivity index (χ4n) is 3.26. The number of anilines is 1. The van der Waals surface area contributed by atoms with Crippen molar-refractivity contribution in [1.82, 2.24) is 0 Å². The van der Waals surface area contributed by atoms with E-state index in [0.29, 0.717) is 29.8 Å². The van der Waals surface area contributed by atoms with Crippen LogP contribution in [0.25, 0.3) is 0 Å². The van der Waals surface area contributed by atoms with Gasteiger partial charge in [0.25, 0.3) is 0 Å². The lowest BCUT2D eigenvalue weighted by Crippen LogP contribution is -2.29. The predicted molar refractivity (Wildman–Crippen MR) is 119 cm³/mol. The first-order valence-corrected chi connectivity index (χ1v) is 13.1. The van der Waals surface area contributed by atoms with Crippen LogP contribution in [0.4, 0.5) is 5.69 Å². The number of benzene rings is 2. The lowest BCUT2D eigenvalue weighted by Gasteiger charge is -2.19. The van der Waals surface area contributed by atoms with Crippen molar-refractivity contribution in [3.05, 3.63) is 65.2 Å². The first-order chi connectivity index (χ1) is 13.9. The topological polar surface area (TPSA) is 88.6 Å². The Morgan fingerprint density at radius 1 is 1.03 bits per heavy atom. The van der Waals surface area contributed by atoms with Gasteiger partial charge in [-0.2, -0.15) is 0 Å². The van der Waals surface area contributed by atoms with Crippen LogP contribution in [0.5, 0.6) is 0 Å². The summed E-state index contributed by atoms with van der Waals surface area (Å²) < 4.78 is 49.5. The molecule has 1 aliphatic rings. The summed E-state index contributed by atoms with van der Waals surface area (Å²) in [7, 11) is -6.56. The van der Waals surface area contributed by atoms with Gasteiger partial charge in [0, 0.05) is 18.5 Å². The molecule has 0 amide bonds. The molecule has 162 valence electrons. The lowest BCUT2D eigenvalue weighted by atomic mass is 10.0. The van der Waals surface area contributed by atoms with Gasteiger partial charge in [-0.25, -0.2) is 16.8 Å². The Kier molecular flexibility index (Phi) is 6.11. The third-order valence-corrected chi connectivity index (χ3v) is 9.68. The molecular weight excluding hydrogens is 422 g/mol. The van der Waals surface area contributed by atoms with Crippen LogP contribution in [0.15, 0.2) is 48.5 Å². The van der Waals surface area contributed by atoms with Crippen LogP contribution < -0.4 is 4.31 Å². The van der Waals surface area contributed by atoms with Gasteiger partial charge in [-0.15, -0.1) is 0 Å². The van der Waals surface area contributed by atoms with Crippen molar-refractivity contribution in [2.75, 3.05) is 16.6 Å². The zero-order valence-electron chi connectivity index (χ0n) is 17.5. The molecule has 6 nitrogen and oxygen atoms in total. The van der Waals surface area contributed by atoms with Gasteiger partial charge in [0.15, 0.2) is 15.6 Å². The first kappa shape index (κ1) is 22.5. The highest BCUT2D eigenvalue weighted by Gasteiger charge is 2.29. The number of carbonyl (C=O) groups excluding carboxylic acids is 1. The van der Waals surface area contributed by atoms with Gasteiger partial charge in [-0.05, 0) is 50.5 Å². The van der Waals surface area contributed by atoms with Gasteiger partial charge in [0.1, 0.15) is 0 Å². The molecule has 2 aromatic rings. The zero-order valence-corrected chi connectivity index (χ0v) is 19.1. The van der Waals surface area contributed by atoms with E-state index in [1.54, 1.807) is 69.3 Å². The predicted octanol–water partition coefficient (Wildman–Crippen LogP) is 3.37.